The first-order valence-corrected chi connectivity index (χ1v) is 9.03. The summed E-state index contributed by atoms with van der Waals surface area (Å²) in [5.41, 5.74) is 1.92. The highest BCUT2D eigenvalue weighted by Gasteiger charge is 2.28. The Morgan fingerprint density at radius 3 is 2.30 bits per heavy atom. The van der Waals surface area contributed by atoms with E-state index in [1.807, 2.05) is 6.92 Å². The Bertz CT molecular complexity index is 832. The van der Waals surface area contributed by atoms with Gasteiger partial charge in [-0.3, -0.25) is 9.10 Å². The highest BCUT2D eigenvalue weighted by molar-refractivity contribution is 9.10. The van der Waals surface area contributed by atoms with Crippen LogP contribution in [0.1, 0.15) is 11.1 Å². The lowest BCUT2D eigenvalue weighted by Gasteiger charge is -2.25. The lowest BCUT2D eigenvalue weighted by molar-refractivity contribution is -0.135. The average molecular weight is 398 g/mol. The maximum Gasteiger partial charge on any atom is 0.324 e. The quantitative estimate of drug-likeness (QED) is 0.839. The van der Waals surface area contributed by atoms with Gasteiger partial charge in [-0.1, -0.05) is 39.7 Å². The van der Waals surface area contributed by atoms with E-state index >= 15 is 0 Å². The molecule has 0 unspecified atom stereocenters. The first-order chi connectivity index (χ1) is 10.7. The molecular formula is C16H16BrNO4S. The van der Waals surface area contributed by atoms with E-state index in [9.17, 15) is 13.2 Å². The van der Waals surface area contributed by atoms with Crippen LogP contribution in [0.25, 0.3) is 0 Å². The van der Waals surface area contributed by atoms with Gasteiger partial charge in [0.25, 0.3) is 10.0 Å². The Morgan fingerprint density at radius 1 is 1.13 bits per heavy atom. The van der Waals surface area contributed by atoms with E-state index in [4.69, 9.17) is 5.11 Å². The van der Waals surface area contributed by atoms with E-state index < -0.39 is 22.5 Å². The molecule has 1 N–H and O–H groups in total. The van der Waals surface area contributed by atoms with Crippen LogP contribution in [-0.2, 0) is 14.8 Å². The number of aryl methyl sites for hydroxylation is 1. The van der Waals surface area contributed by atoms with Crippen molar-refractivity contribution in [3.63, 3.8) is 0 Å². The molecule has 0 amide bonds. The SMILES string of the molecule is Cc1ccc(S(=O)(=O)N(CC(=O)O)c2cccc(Br)c2C)cc1. The lowest BCUT2D eigenvalue weighted by Crippen LogP contribution is -2.36. The normalized spacial score (nSPS) is 11.3. The predicted molar refractivity (Wildman–Crippen MR) is 92.2 cm³/mol. The number of halogens is 1. The van der Waals surface area contributed by atoms with Gasteiger partial charge in [-0.05, 0) is 43.7 Å². The van der Waals surface area contributed by atoms with E-state index in [0.29, 0.717) is 15.7 Å². The molecule has 0 aliphatic heterocycles. The van der Waals surface area contributed by atoms with Crippen molar-refractivity contribution in [3.05, 3.63) is 58.1 Å². The Balaban J connectivity index is 2.60. The summed E-state index contributed by atoms with van der Waals surface area (Å²) >= 11 is 3.34. The molecule has 122 valence electrons. The Hall–Kier alpha value is -1.86. The number of carboxylic acid groups (broad SMARTS) is 1. The summed E-state index contributed by atoms with van der Waals surface area (Å²) in [6.07, 6.45) is 0. The van der Waals surface area contributed by atoms with Crippen molar-refractivity contribution >= 4 is 37.6 Å². The van der Waals surface area contributed by atoms with E-state index in [0.717, 1.165) is 9.87 Å². The third kappa shape index (κ3) is 3.73. The molecular weight excluding hydrogens is 382 g/mol. The third-order valence-corrected chi connectivity index (χ3v) is 6.03. The molecule has 0 aromatic heterocycles. The second-order valence-corrected chi connectivity index (χ2v) is 7.82. The van der Waals surface area contributed by atoms with Crippen molar-refractivity contribution in [1.29, 1.82) is 0 Å². The Morgan fingerprint density at radius 2 is 1.74 bits per heavy atom. The molecule has 0 bridgehead atoms. The maximum atomic E-state index is 12.9. The molecule has 0 fully saturated rings. The van der Waals surface area contributed by atoms with Crippen LogP contribution >= 0.6 is 15.9 Å². The molecule has 0 aliphatic rings. The molecule has 2 aromatic carbocycles. The highest BCUT2D eigenvalue weighted by atomic mass is 79.9. The number of hydrogen-bond acceptors (Lipinski definition) is 3. The number of anilines is 1. The van der Waals surface area contributed by atoms with Crippen LogP contribution in [0.5, 0.6) is 0 Å². The minimum absolute atomic E-state index is 0.0590. The fourth-order valence-corrected chi connectivity index (χ4v) is 3.95. The number of rotatable bonds is 5. The monoisotopic (exact) mass is 397 g/mol. The summed E-state index contributed by atoms with van der Waals surface area (Å²) in [6.45, 7) is 2.94. The van der Waals surface area contributed by atoms with Gasteiger partial charge in [-0.2, -0.15) is 0 Å². The molecule has 2 rings (SSSR count). The van der Waals surface area contributed by atoms with Crippen molar-refractivity contribution in [2.45, 2.75) is 18.7 Å². The van der Waals surface area contributed by atoms with Crippen LogP contribution in [0.15, 0.2) is 51.8 Å². The number of aliphatic carboxylic acids is 1. The zero-order valence-corrected chi connectivity index (χ0v) is 15.1. The van der Waals surface area contributed by atoms with Gasteiger partial charge in [0.05, 0.1) is 10.6 Å². The summed E-state index contributed by atoms with van der Waals surface area (Å²) in [7, 11) is -3.97. The standard InChI is InChI=1S/C16H16BrNO4S/c1-11-6-8-13(9-7-11)23(21,22)18(10-16(19)20)15-5-3-4-14(17)12(15)2/h3-9H,10H2,1-2H3,(H,19,20). The first-order valence-electron chi connectivity index (χ1n) is 6.80. The molecule has 0 heterocycles. The minimum Gasteiger partial charge on any atom is -0.480 e. The van der Waals surface area contributed by atoms with Crippen LogP contribution in [0, 0.1) is 13.8 Å². The number of sulfonamides is 1. The van der Waals surface area contributed by atoms with Gasteiger partial charge in [0.15, 0.2) is 0 Å². The fraction of sp³-hybridized carbons (Fsp3) is 0.188. The summed E-state index contributed by atoms with van der Waals surface area (Å²) in [5.74, 6) is -1.22. The minimum atomic E-state index is -3.97. The van der Waals surface area contributed by atoms with Crippen molar-refractivity contribution in [2.24, 2.45) is 0 Å². The first kappa shape index (κ1) is 17.5. The van der Waals surface area contributed by atoms with Crippen LogP contribution in [0.2, 0.25) is 0 Å². The Labute approximate surface area is 143 Å². The zero-order chi connectivity index (χ0) is 17.2. The van der Waals surface area contributed by atoms with Gasteiger partial charge >= 0.3 is 5.97 Å². The lowest BCUT2D eigenvalue weighted by atomic mass is 10.2. The molecule has 5 nitrogen and oxygen atoms in total. The number of nitrogens with zero attached hydrogens (tertiary/aromatic N) is 1. The fourth-order valence-electron chi connectivity index (χ4n) is 2.13. The molecule has 0 saturated heterocycles. The Kier molecular flexibility index (Phi) is 5.11. The van der Waals surface area contributed by atoms with Gasteiger partial charge in [-0.15, -0.1) is 0 Å². The largest absolute Gasteiger partial charge is 0.480 e. The molecule has 0 radical (unpaired) electrons. The van der Waals surface area contributed by atoms with Gasteiger partial charge < -0.3 is 5.11 Å². The predicted octanol–water partition coefficient (Wildman–Crippen LogP) is 3.35. The van der Waals surface area contributed by atoms with Gasteiger partial charge in [0, 0.05) is 4.47 Å². The van der Waals surface area contributed by atoms with Crippen molar-refractivity contribution < 1.29 is 18.3 Å². The smallest absolute Gasteiger partial charge is 0.324 e. The van der Waals surface area contributed by atoms with E-state index in [1.54, 1.807) is 37.3 Å². The average Bonchev–Trinajstić information content (AvgIpc) is 2.48. The number of hydrogen-bond donors (Lipinski definition) is 1. The molecule has 2 aromatic rings. The zero-order valence-electron chi connectivity index (χ0n) is 12.7. The summed E-state index contributed by atoms with van der Waals surface area (Å²) in [6, 6.07) is 11.4. The summed E-state index contributed by atoms with van der Waals surface area (Å²) in [4.78, 5) is 11.3. The number of carbonyl (C=O) groups is 1. The maximum absolute atomic E-state index is 12.9. The third-order valence-electron chi connectivity index (χ3n) is 3.40. The van der Waals surface area contributed by atoms with Crippen LogP contribution in [0.4, 0.5) is 5.69 Å². The summed E-state index contributed by atoms with van der Waals surface area (Å²) < 4.78 is 27.4. The van der Waals surface area contributed by atoms with Gasteiger partial charge in [-0.25, -0.2) is 8.42 Å². The second-order valence-electron chi connectivity index (χ2n) is 5.10. The van der Waals surface area contributed by atoms with Gasteiger partial charge in [0.2, 0.25) is 0 Å². The molecule has 7 heteroatoms. The van der Waals surface area contributed by atoms with E-state index in [-0.39, 0.29) is 4.90 Å². The number of carboxylic acids is 1. The van der Waals surface area contributed by atoms with Crippen molar-refractivity contribution in [3.8, 4) is 0 Å². The van der Waals surface area contributed by atoms with Crippen molar-refractivity contribution in [1.82, 2.24) is 0 Å². The van der Waals surface area contributed by atoms with Crippen LogP contribution < -0.4 is 4.31 Å². The van der Waals surface area contributed by atoms with Gasteiger partial charge in [0.1, 0.15) is 6.54 Å². The molecule has 0 atom stereocenters. The summed E-state index contributed by atoms with van der Waals surface area (Å²) in [5, 5.41) is 9.14. The van der Waals surface area contributed by atoms with Crippen molar-refractivity contribution in [2.75, 3.05) is 10.8 Å². The van der Waals surface area contributed by atoms with Crippen LogP contribution in [-0.4, -0.2) is 26.0 Å². The molecule has 23 heavy (non-hydrogen) atoms. The highest BCUT2D eigenvalue weighted by Crippen LogP contribution is 2.31. The van der Waals surface area contributed by atoms with Crippen LogP contribution in [0.3, 0.4) is 0 Å². The second kappa shape index (κ2) is 6.72. The van der Waals surface area contributed by atoms with E-state index in [2.05, 4.69) is 15.9 Å². The van der Waals surface area contributed by atoms with E-state index in [1.165, 1.54) is 12.1 Å². The topological polar surface area (TPSA) is 74.7 Å². The molecule has 0 saturated carbocycles. The number of benzene rings is 2. The molecule has 0 aliphatic carbocycles. The molecule has 0 spiro atoms.